The number of carbonyl (C=O) groups excluding carboxylic acids is 1. The van der Waals surface area contributed by atoms with Gasteiger partial charge in [0.05, 0.1) is 44.9 Å². The minimum atomic E-state index is -0.187. The van der Waals surface area contributed by atoms with E-state index in [1.165, 1.54) is 5.56 Å². The number of nitrogens with zero attached hydrogens (tertiary/aromatic N) is 4. The summed E-state index contributed by atoms with van der Waals surface area (Å²) in [4.78, 5) is 12.9. The molecule has 0 spiro atoms. The first-order valence-corrected chi connectivity index (χ1v) is 10.4. The fraction of sp³-hybridized carbons (Fsp3) is 0.208. The Morgan fingerprint density at radius 2 is 1.29 bits per heavy atom. The molecular formula is C24H24ClN5O. The monoisotopic (exact) mass is 433 g/mol. The molecule has 0 aliphatic rings. The predicted octanol–water partition coefficient (Wildman–Crippen LogP) is 5.51. The molecule has 0 aliphatic carbocycles. The highest BCUT2D eigenvalue weighted by Crippen LogP contribution is 2.25. The van der Waals surface area contributed by atoms with Crippen LogP contribution in [0, 0.1) is 34.6 Å². The van der Waals surface area contributed by atoms with Gasteiger partial charge >= 0.3 is 0 Å². The number of amides is 1. The summed E-state index contributed by atoms with van der Waals surface area (Å²) in [7, 11) is 0. The zero-order valence-electron chi connectivity index (χ0n) is 18.2. The molecule has 158 valence electrons. The summed E-state index contributed by atoms with van der Waals surface area (Å²) < 4.78 is 3.62. The first-order valence-electron chi connectivity index (χ1n) is 10.0. The van der Waals surface area contributed by atoms with Crippen LogP contribution in [0.3, 0.4) is 0 Å². The smallest absolute Gasteiger partial charge is 0.255 e. The molecule has 0 radical (unpaired) electrons. The normalized spacial score (nSPS) is 11.0. The molecule has 2 aromatic carbocycles. The highest BCUT2D eigenvalue weighted by atomic mass is 35.5. The second-order valence-electron chi connectivity index (χ2n) is 7.69. The number of hydrogen-bond donors (Lipinski definition) is 1. The van der Waals surface area contributed by atoms with E-state index in [4.69, 9.17) is 11.6 Å². The molecule has 0 atom stereocenters. The summed E-state index contributed by atoms with van der Waals surface area (Å²) >= 11 is 6.25. The Morgan fingerprint density at radius 1 is 0.774 bits per heavy atom. The van der Waals surface area contributed by atoms with Gasteiger partial charge in [-0.3, -0.25) is 4.79 Å². The van der Waals surface area contributed by atoms with Crippen molar-refractivity contribution in [1.82, 2.24) is 19.6 Å². The zero-order chi connectivity index (χ0) is 22.3. The maximum absolute atomic E-state index is 12.9. The molecule has 7 heteroatoms. The number of halogens is 1. The molecule has 2 aromatic heterocycles. The SMILES string of the molecule is Cc1ccc(-n2nc(C)c(NC(=O)c3ccc(-n4nc(C)c(Cl)c4C)cc3)c2C)cc1. The summed E-state index contributed by atoms with van der Waals surface area (Å²) in [5.74, 6) is -0.187. The van der Waals surface area contributed by atoms with Crippen molar-refractivity contribution in [3.05, 3.63) is 87.5 Å². The molecule has 4 rings (SSSR count). The molecule has 1 N–H and O–H groups in total. The van der Waals surface area contributed by atoms with E-state index >= 15 is 0 Å². The lowest BCUT2D eigenvalue weighted by molar-refractivity contribution is 0.102. The highest BCUT2D eigenvalue weighted by molar-refractivity contribution is 6.31. The van der Waals surface area contributed by atoms with E-state index in [1.54, 1.807) is 16.8 Å². The van der Waals surface area contributed by atoms with Crippen molar-refractivity contribution in [2.24, 2.45) is 0 Å². The van der Waals surface area contributed by atoms with Gasteiger partial charge in [0, 0.05) is 5.56 Å². The first-order chi connectivity index (χ1) is 14.8. The van der Waals surface area contributed by atoms with Crippen molar-refractivity contribution in [2.45, 2.75) is 34.6 Å². The molecule has 6 nitrogen and oxygen atoms in total. The third kappa shape index (κ3) is 3.86. The highest BCUT2D eigenvalue weighted by Gasteiger charge is 2.17. The van der Waals surface area contributed by atoms with Crippen molar-refractivity contribution < 1.29 is 4.79 Å². The van der Waals surface area contributed by atoms with Crippen LogP contribution in [0.5, 0.6) is 0 Å². The van der Waals surface area contributed by atoms with E-state index in [9.17, 15) is 4.79 Å². The number of aryl methyl sites for hydroxylation is 3. The maximum Gasteiger partial charge on any atom is 0.255 e. The molecular weight excluding hydrogens is 410 g/mol. The van der Waals surface area contributed by atoms with Gasteiger partial charge in [-0.05, 0) is 71.0 Å². The summed E-state index contributed by atoms with van der Waals surface area (Å²) in [6, 6.07) is 15.4. The first kappa shape index (κ1) is 20.9. The molecule has 0 saturated carbocycles. The lowest BCUT2D eigenvalue weighted by Crippen LogP contribution is -2.13. The number of carbonyl (C=O) groups is 1. The van der Waals surface area contributed by atoms with Crippen molar-refractivity contribution in [2.75, 3.05) is 5.32 Å². The number of benzene rings is 2. The van der Waals surface area contributed by atoms with Crippen LogP contribution in [0.2, 0.25) is 5.02 Å². The Morgan fingerprint density at radius 3 is 1.84 bits per heavy atom. The molecule has 0 bridgehead atoms. The molecule has 0 aliphatic heterocycles. The molecule has 2 heterocycles. The molecule has 0 saturated heterocycles. The quantitative estimate of drug-likeness (QED) is 0.461. The molecule has 0 unspecified atom stereocenters. The van der Waals surface area contributed by atoms with Gasteiger partial charge in [0.15, 0.2) is 0 Å². The number of nitrogens with one attached hydrogen (secondary N) is 1. The van der Waals surface area contributed by atoms with Crippen LogP contribution in [-0.2, 0) is 0 Å². The zero-order valence-corrected chi connectivity index (χ0v) is 18.9. The van der Waals surface area contributed by atoms with Gasteiger partial charge in [-0.2, -0.15) is 10.2 Å². The third-order valence-electron chi connectivity index (χ3n) is 5.39. The summed E-state index contributed by atoms with van der Waals surface area (Å²) in [5.41, 5.74) is 7.55. The second-order valence-corrected chi connectivity index (χ2v) is 8.07. The Kier molecular flexibility index (Phi) is 5.41. The standard InChI is InChI=1S/C24H24ClN5O/c1-14-6-10-20(11-7-14)30-18(5)23(16(3)28-30)26-24(31)19-8-12-21(13-9-19)29-17(4)22(25)15(2)27-29/h6-13H,1-5H3,(H,26,31). The maximum atomic E-state index is 12.9. The van der Waals surface area contributed by atoms with Gasteiger partial charge in [0.25, 0.3) is 5.91 Å². The minimum Gasteiger partial charge on any atom is -0.319 e. The Labute approximate surface area is 186 Å². The van der Waals surface area contributed by atoms with Gasteiger partial charge < -0.3 is 5.32 Å². The predicted molar refractivity (Wildman–Crippen MR) is 124 cm³/mol. The number of rotatable bonds is 4. The van der Waals surface area contributed by atoms with Crippen LogP contribution in [0.1, 0.15) is 38.7 Å². The molecule has 31 heavy (non-hydrogen) atoms. The van der Waals surface area contributed by atoms with E-state index in [-0.39, 0.29) is 5.91 Å². The van der Waals surface area contributed by atoms with Gasteiger partial charge in [-0.1, -0.05) is 29.3 Å². The van der Waals surface area contributed by atoms with E-state index < -0.39 is 0 Å². The Hall–Kier alpha value is -3.38. The van der Waals surface area contributed by atoms with Crippen LogP contribution in [0.4, 0.5) is 5.69 Å². The van der Waals surface area contributed by atoms with Crippen LogP contribution in [0.15, 0.2) is 48.5 Å². The fourth-order valence-corrected chi connectivity index (χ4v) is 3.69. The lowest BCUT2D eigenvalue weighted by Gasteiger charge is -2.09. The van der Waals surface area contributed by atoms with E-state index in [1.807, 2.05) is 75.7 Å². The van der Waals surface area contributed by atoms with Crippen LogP contribution in [0.25, 0.3) is 11.4 Å². The molecule has 0 fully saturated rings. The second kappa shape index (κ2) is 8.04. The van der Waals surface area contributed by atoms with Crippen LogP contribution in [-0.4, -0.2) is 25.5 Å². The Balaban J connectivity index is 1.57. The van der Waals surface area contributed by atoms with Crippen molar-refractivity contribution in [3.63, 3.8) is 0 Å². The Bertz CT molecular complexity index is 1270. The minimum absolute atomic E-state index is 0.187. The average Bonchev–Trinajstić information content (AvgIpc) is 3.19. The van der Waals surface area contributed by atoms with Crippen molar-refractivity contribution >= 4 is 23.2 Å². The van der Waals surface area contributed by atoms with Gasteiger partial charge in [0.2, 0.25) is 0 Å². The number of aromatic nitrogens is 4. The summed E-state index contributed by atoms with van der Waals surface area (Å²) in [6.07, 6.45) is 0. The van der Waals surface area contributed by atoms with Crippen molar-refractivity contribution in [3.8, 4) is 11.4 Å². The average molecular weight is 434 g/mol. The molecule has 1 amide bonds. The number of anilines is 1. The van der Waals surface area contributed by atoms with E-state index in [2.05, 4.69) is 15.5 Å². The fourth-order valence-electron chi connectivity index (χ4n) is 3.58. The largest absolute Gasteiger partial charge is 0.319 e. The van der Waals surface area contributed by atoms with Crippen LogP contribution < -0.4 is 5.32 Å². The summed E-state index contributed by atoms with van der Waals surface area (Å²) in [6.45, 7) is 9.68. The summed E-state index contributed by atoms with van der Waals surface area (Å²) in [5, 5.41) is 12.7. The lowest BCUT2D eigenvalue weighted by atomic mass is 10.2. The molecule has 4 aromatic rings. The van der Waals surface area contributed by atoms with Gasteiger partial charge in [0.1, 0.15) is 0 Å². The van der Waals surface area contributed by atoms with E-state index in [0.717, 1.165) is 39.8 Å². The van der Waals surface area contributed by atoms with Gasteiger partial charge in [-0.15, -0.1) is 0 Å². The van der Waals surface area contributed by atoms with Crippen LogP contribution >= 0.6 is 11.6 Å². The van der Waals surface area contributed by atoms with Crippen molar-refractivity contribution in [1.29, 1.82) is 0 Å². The third-order valence-corrected chi connectivity index (χ3v) is 5.93. The topological polar surface area (TPSA) is 64.7 Å². The van der Waals surface area contributed by atoms with E-state index in [0.29, 0.717) is 10.6 Å². The van der Waals surface area contributed by atoms with Gasteiger partial charge in [-0.25, -0.2) is 9.36 Å². The number of hydrogen-bond acceptors (Lipinski definition) is 3.